The van der Waals surface area contributed by atoms with Crippen molar-refractivity contribution in [3.8, 4) is 0 Å². The topological polar surface area (TPSA) is 78.7 Å². The summed E-state index contributed by atoms with van der Waals surface area (Å²) >= 11 is 0. The Morgan fingerprint density at radius 2 is 1.89 bits per heavy atom. The van der Waals surface area contributed by atoms with Crippen molar-refractivity contribution >= 4 is 23.0 Å². The molecule has 0 aliphatic carbocycles. The Bertz CT molecular complexity index is 1020. The lowest BCUT2D eigenvalue weighted by Gasteiger charge is -2.09. The van der Waals surface area contributed by atoms with E-state index in [-0.39, 0.29) is 23.3 Å². The van der Waals surface area contributed by atoms with Gasteiger partial charge in [-0.2, -0.15) is 0 Å². The van der Waals surface area contributed by atoms with Gasteiger partial charge in [0.1, 0.15) is 0 Å². The van der Waals surface area contributed by atoms with Crippen molar-refractivity contribution in [1.29, 1.82) is 0 Å². The summed E-state index contributed by atoms with van der Waals surface area (Å²) in [5.41, 5.74) is 3.63. The monoisotopic (exact) mass is 379 g/mol. The third kappa shape index (κ3) is 4.20. The molecule has 2 aromatic heterocycles. The van der Waals surface area contributed by atoms with Gasteiger partial charge in [-0.15, -0.1) is 0 Å². The molecule has 0 unspecified atom stereocenters. The summed E-state index contributed by atoms with van der Waals surface area (Å²) in [5.74, 6) is -0.461. The second kappa shape index (κ2) is 8.22. The number of carbonyl (C=O) groups excluding carboxylic acids is 2. The highest BCUT2D eigenvalue weighted by Crippen LogP contribution is 2.19. The lowest BCUT2D eigenvalue weighted by atomic mass is 10.1. The molecule has 0 saturated carbocycles. The molecule has 7 nitrogen and oxygen atoms in total. The van der Waals surface area contributed by atoms with E-state index in [1.54, 1.807) is 22.7 Å². The van der Waals surface area contributed by atoms with Gasteiger partial charge in [0.25, 0.3) is 11.8 Å². The Kier molecular flexibility index (Phi) is 5.75. The van der Waals surface area contributed by atoms with E-state index in [1.165, 1.54) is 0 Å². The molecular formula is C21H25N5O2. The minimum absolute atomic E-state index is 0.195. The van der Waals surface area contributed by atoms with E-state index in [0.717, 1.165) is 23.4 Å². The van der Waals surface area contributed by atoms with Crippen LogP contribution in [-0.4, -0.2) is 53.3 Å². The minimum atomic E-state index is -0.344. The molecule has 28 heavy (non-hydrogen) atoms. The number of carbonyl (C=O) groups is 2. The van der Waals surface area contributed by atoms with E-state index in [9.17, 15) is 9.59 Å². The predicted molar refractivity (Wildman–Crippen MR) is 110 cm³/mol. The number of amides is 2. The third-order valence-electron chi connectivity index (χ3n) is 4.44. The summed E-state index contributed by atoms with van der Waals surface area (Å²) in [4.78, 5) is 31.8. The van der Waals surface area contributed by atoms with Crippen molar-refractivity contribution in [3.05, 3.63) is 65.2 Å². The minimum Gasteiger partial charge on any atom is -0.348 e. The van der Waals surface area contributed by atoms with Gasteiger partial charge in [0.15, 0.2) is 5.69 Å². The van der Waals surface area contributed by atoms with Gasteiger partial charge >= 0.3 is 0 Å². The fourth-order valence-corrected chi connectivity index (χ4v) is 2.97. The van der Waals surface area contributed by atoms with Crippen molar-refractivity contribution in [2.75, 3.05) is 32.5 Å². The number of rotatable bonds is 6. The van der Waals surface area contributed by atoms with Crippen molar-refractivity contribution in [1.82, 2.24) is 19.6 Å². The molecule has 0 radical (unpaired) electrons. The normalized spacial score (nSPS) is 11.0. The Balaban J connectivity index is 1.89. The highest BCUT2D eigenvalue weighted by molar-refractivity contribution is 6.09. The van der Waals surface area contributed by atoms with Gasteiger partial charge in [-0.3, -0.25) is 14.0 Å². The largest absolute Gasteiger partial charge is 0.348 e. The van der Waals surface area contributed by atoms with Crippen LogP contribution in [0.4, 0.5) is 5.69 Å². The van der Waals surface area contributed by atoms with Crippen molar-refractivity contribution in [3.63, 3.8) is 0 Å². The summed E-state index contributed by atoms with van der Waals surface area (Å²) in [7, 11) is 3.87. The van der Waals surface area contributed by atoms with Crippen LogP contribution in [0.1, 0.15) is 32.2 Å². The molecule has 2 heterocycles. The Morgan fingerprint density at radius 1 is 1.11 bits per heavy atom. The number of likely N-dealkylation sites (N-methyl/N-ethyl adjacent to an activating group) is 1. The molecule has 3 rings (SSSR count). The van der Waals surface area contributed by atoms with Gasteiger partial charge < -0.3 is 15.5 Å². The smallest absolute Gasteiger partial charge is 0.287 e. The first-order valence-electron chi connectivity index (χ1n) is 9.15. The van der Waals surface area contributed by atoms with E-state index in [4.69, 9.17) is 0 Å². The van der Waals surface area contributed by atoms with E-state index < -0.39 is 0 Å². The summed E-state index contributed by atoms with van der Waals surface area (Å²) < 4.78 is 1.64. The van der Waals surface area contributed by atoms with Crippen LogP contribution in [0.2, 0.25) is 0 Å². The van der Waals surface area contributed by atoms with Crippen molar-refractivity contribution in [2.45, 2.75) is 13.8 Å². The summed E-state index contributed by atoms with van der Waals surface area (Å²) in [6.07, 6.45) is 1.73. The van der Waals surface area contributed by atoms with E-state index in [2.05, 4.69) is 15.6 Å². The molecule has 1 aromatic carbocycles. The first kappa shape index (κ1) is 19.6. The SMILES string of the molecule is Cc1ccc(NC(=O)c2nc(C(=O)NCCN(C)C)n3ccccc23)c(C)c1. The predicted octanol–water partition coefficient (Wildman–Crippen LogP) is 2.49. The molecule has 0 aliphatic heterocycles. The third-order valence-corrected chi connectivity index (χ3v) is 4.44. The molecule has 0 spiro atoms. The number of nitrogens with zero attached hydrogens (tertiary/aromatic N) is 3. The average molecular weight is 379 g/mol. The fraction of sp³-hybridized carbons (Fsp3) is 0.286. The zero-order valence-electron chi connectivity index (χ0n) is 16.6. The number of nitrogens with one attached hydrogen (secondary N) is 2. The van der Waals surface area contributed by atoms with E-state index in [1.807, 2.05) is 57.1 Å². The maximum Gasteiger partial charge on any atom is 0.287 e. The van der Waals surface area contributed by atoms with Crippen LogP contribution < -0.4 is 10.6 Å². The molecule has 2 amide bonds. The number of benzene rings is 1. The summed E-state index contributed by atoms with van der Waals surface area (Å²) in [6.45, 7) is 5.16. The van der Waals surface area contributed by atoms with Gasteiger partial charge in [-0.1, -0.05) is 23.8 Å². The first-order valence-corrected chi connectivity index (χ1v) is 9.15. The number of imidazole rings is 1. The molecule has 0 saturated heterocycles. The van der Waals surface area contributed by atoms with Crippen LogP contribution in [0, 0.1) is 13.8 Å². The highest BCUT2D eigenvalue weighted by atomic mass is 16.2. The van der Waals surface area contributed by atoms with Crippen LogP contribution in [0.3, 0.4) is 0 Å². The number of pyridine rings is 1. The standard InChI is InChI=1S/C21H25N5O2/c1-14-8-9-16(15(2)13-14)23-20(27)18-17-7-5-6-11-26(17)19(24-18)21(28)22-10-12-25(3)4/h5-9,11,13H,10,12H2,1-4H3,(H,22,28)(H,23,27). The van der Waals surface area contributed by atoms with Crippen molar-refractivity contribution in [2.24, 2.45) is 0 Å². The van der Waals surface area contributed by atoms with Gasteiger partial charge in [0.05, 0.1) is 5.52 Å². The Hall–Kier alpha value is -3.19. The first-order chi connectivity index (χ1) is 13.4. The van der Waals surface area contributed by atoms with Crippen LogP contribution in [0.25, 0.3) is 5.52 Å². The molecule has 146 valence electrons. The zero-order chi connectivity index (χ0) is 20.3. The molecule has 2 N–H and O–H groups in total. The maximum atomic E-state index is 12.9. The van der Waals surface area contributed by atoms with E-state index in [0.29, 0.717) is 12.1 Å². The van der Waals surface area contributed by atoms with Crippen LogP contribution in [0.5, 0.6) is 0 Å². The summed E-state index contributed by atoms with van der Waals surface area (Å²) in [6, 6.07) is 11.2. The molecule has 3 aromatic rings. The molecule has 0 bridgehead atoms. The Labute approximate surface area is 164 Å². The molecule has 0 fully saturated rings. The fourth-order valence-electron chi connectivity index (χ4n) is 2.97. The quantitative estimate of drug-likeness (QED) is 0.690. The van der Waals surface area contributed by atoms with Crippen molar-refractivity contribution < 1.29 is 9.59 Å². The lowest BCUT2D eigenvalue weighted by molar-refractivity contribution is 0.0940. The number of hydrogen-bond acceptors (Lipinski definition) is 4. The molecule has 7 heteroatoms. The molecular weight excluding hydrogens is 354 g/mol. The second-order valence-corrected chi connectivity index (χ2v) is 7.07. The number of fused-ring (bicyclic) bond motifs is 1. The van der Waals surface area contributed by atoms with Crippen LogP contribution in [0.15, 0.2) is 42.6 Å². The number of hydrogen-bond donors (Lipinski definition) is 2. The second-order valence-electron chi connectivity index (χ2n) is 7.07. The molecule has 0 aliphatic rings. The maximum absolute atomic E-state index is 12.9. The number of anilines is 1. The van der Waals surface area contributed by atoms with Gasteiger partial charge in [-0.05, 0) is 51.7 Å². The Morgan fingerprint density at radius 3 is 2.61 bits per heavy atom. The van der Waals surface area contributed by atoms with Gasteiger partial charge in [-0.25, -0.2) is 4.98 Å². The van der Waals surface area contributed by atoms with Gasteiger partial charge in [0.2, 0.25) is 5.82 Å². The highest BCUT2D eigenvalue weighted by Gasteiger charge is 2.21. The van der Waals surface area contributed by atoms with Crippen LogP contribution >= 0.6 is 0 Å². The number of aromatic nitrogens is 2. The van der Waals surface area contributed by atoms with Crippen LogP contribution in [-0.2, 0) is 0 Å². The van der Waals surface area contributed by atoms with E-state index >= 15 is 0 Å². The summed E-state index contributed by atoms with van der Waals surface area (Å²) in [5, 5.41) is 5.75. The average Bonchev–Trinajstić information content (AvgIpc) is 3.03. The molecule has 0 atom stereocenters. The zero-order valence-corrected chi connectivity index (χ0v) is 16.6. The van der Waals surface area contributed by atoms with Gasteiger partial charge in [0, 0.05) is 25.0 Å². The lowest BCUT2D eigenvalue weighted by Crippen LogP contribution is -2.32. The number of aryl methyl sites for hydroxylation is 2.